The van der Waals surface area contributed by atoms with E-state index in [1.807, 2.05) is 30.3 Å². The van der Waals surface area contributed by atoms with Gasteiger partial charge in [0.25, 0.3) is 5.69 Å². The molecule has 0 aliphatic heterocycles. The van der Waals surface area contributed by atoms with Crippen molar-refractivity contribution in [1.82, 2.24) is 0 Å². The highest BCUT2D eigenvalue weighted by atomic mass is 32.1. The molecule has 2 N–H and O–H groups in total. The lowest BCUT2D eigenvalue weighted by atomic mass is 10.1. The van der Waals surface area contributed by atoms with Gasteiger partial charge in [0, 0.05) is 11.3 Å². The van der Waals surface area contributed by atoms with Gasteiger partial charge in [-0.25, -0.2) is 4.79 Å². The summed E-state index contributed by atoms with van der Waals surface area (Å²) in [5.41, 5.74) is 1.50. The van der Waals surface area contributed by atoms with Crippen LogP contribution in [0.15, 0.2) is 54.6 Å². The Bertz CT molecular complexity index is 1150. The van der Waals surface area contributed by atoms with E-state index in [4.69, 9.17) is 21.7 Å². The molecule has 0 aliphatic carbocycles. The summed E-state index contributed by atoms with van der Waals surface area (Å²) in [6.45, 7) is 4.16. The zero-order valence-corrected chi connectivity index (χ0v) is 19.8. The van der Waals surface area contributed by atoms with Crippen LogP contribution < -0.4 is 15.4 Å². The predicted molar refractivity (Wildman–Crippen MR) is 134 cm³/mol. The second-order valence-electron chi connectivity index (χ2n) is 6.79. The van der Waals surface area contributed by atoms with Crippen LogP contribution in [0.2, 0.25) is 0 Å². The average Bonchev–Trinajstić information content (AvgIpc) is 3.17. The number of thiocarbonyl (C=S) groups is 1. The first kappa shape index (κ1) is 24.1. The molecule has 2 aromatic carbocycles. The summed E-state index contributed by atoms with van der Waals surface area (Å²) in [6.07, 6.45) is 0.643. The van der Waals surface area contributed by atoms with Gasteiger partial charge in [-0.3, -0.25) is 10.1 Å². The zero-order chi connectivity index (χ0) is 23.8. The van der Waals surface area contributed by atoms with Crippen LogP contribution in [0.4, 0.5) is 16.4 Å². The number of thiophene rings is 1. The molecule has 0 unspecified atom stereocenters. The molecule has 0 bridgehead atoms. The number of ether oxygens (including phenoxy) is 2. The topological polar surface area (TPSA) is 103 Å². The molecule has 8 nitrogen and oxygen atoms in total. The van der Waals surface area contributed by atoms with Crippen molar-refractivity contribution in [2.75, 3.05) is 23.8 Å². The first-order chi connectivity index (χ1) is 15.9. The summed E-state index contributed by atoms with van der Waals surface area (Å²) in [4.78, 5) is 24.4. The van der Waals surface area contributed by atoms with Crippen molar-refractivity contribution in [1.29, 1.82) is 0 Å². The lowest BCUT2D eigenvalue weighted by molar-refractivity contribution is -0.384. The van der Waals surface area contributed by atoms with Gasteiger partial charge in [-0.15, -0.1) is 11.3 Å². The Hall–Kier alpha value is -3.50. The van der Waals surface area contributed by atoms with Gasteiger partial charge in [0.2, 0.25) is 0 Å². The van der Waals surface area contributed by atoms with Crippen molar-refractivity contribution in [2.45, 2.75) is 20.3 Å². The molecule has 0 aliphatic rings. The molecule has 33 heavy (non-hydrogen) atoms. The maximum atomic E-state index is 12.5. The minimum absolute atomic E-state index is 0.112. The Morgan fingerprint density at radius 1 is 1.09 bits per heavy atom. The summed E-state index contributed by atoms with van der Waals surface area (Å²) in [7, 11) is 0. The van der Waals surface area contributed by atoms with E-state index in [2.05, 4.69) is 10.6 Å². The number of nitro groups is 1. The first-order valence-electron chi connectivity index (χ1n) is 10.2. The van der Waals surface area contributed by atoms with E-state index in [9.17, 15) is 14.9 Å². The lowest BCUT2D eigenvalue weighted by Crippen LogP contribution is -2.20. The fraction of sp³-hybridized carbons (Fsp3) is 0.217. The van der Waals surface area contributed by atoms with Gasteiger partial charge >= 0.3 is 5.97 Å². The zero-order valence-electron chi connectivity index (χ0n) is 18.1. The van der Waals surface area contributed by atoms with Crippen molar-refractivity contribution in [2.24, 2.45) is 0 Å². The molecule has 0 saturated heterocycles. The SMILES string of the molecule is CCOC(=O)c1cc(Cc2ccccc2)sc1NC(=S)Nc1ccc(OCC)cc1[N+](=O)[O-]. The fourth-order valence-corrected chi connectivity index (χ4v) is 4.42. The molecule has 0 amide bonds. The van der Waals surface area contributed by atoms with Crippen molar-refractivity contribution in [3.05, 3.63) is 80.7 Å². The van der Waals surface area contributed by atoms with E-state index >= 15 is 0 Å². The van der Waals surface area contributed by atoms with Gasteiger partial charge in [0.05, 0.1) is 29.8 Å². The third-order valence-electron chi connectivity index (χ3n) is 4.45. The molecule has 3 aromatic rings. The molecule has 0 fully saturated rings. The molecule has 0 spiro atoms. The quantitative estimate of drug-likeness (QED) is 0.174. The highest BCUT2D eigenvalue weighted by molar-refractivity contribution is 7.80. The molecule has 0 saturated carbocycles. The predicted octanol–water partition coefficient (Wildman–Crippen LogP) is 5.63. The van der Waals surface area contributed by atoms with E-state index in [1.165, 1.54) is 23.5 Å². The molecule has 10 heteroatoms. The van der Waals surface area contributed by atoms with Gasteiger partial charge in [-0.05, 0) is 49.8 Å². The van der Waals surface area contributed by atoms with Crippen molar-refractivity contribution >= 4 is 51.0 Å². The summed E-state index contributed by atoms with van der Waals surface area (Å²) >= 11 is 6.75. The van der Waals surface area contributed by atoms with Crippen molar-refractivity contribution in [3.8, 4) is 5.75 Å². The third kappa shape index (κ3) is 6.50. The molecule has 172 valence electrons. The standard InChI is InChI=1S/C23H23N3O5S2/c1-3-30-16-10-11-19(20(13-16)26(28)29)24-23(32)25-21-18(22(27)31-4-2)14-17(33-21)12-15-8-6-5-7-9-15/h5-11,13-14H,3-4,12H2,1-2H3,(H2,24,25,32). The molecule has 1 heterocycles. The van der Waals surface area contributed by atoms with Crippen LogP contribution in [-0.4, -0.2) is 29.2 Å². The minimum atomic E-state index is -0.513. The number of esters is 1. The Morgan fingerprint density at radius 3 is 2.52 bits per heavy atom. The highest BCUT2D eigenvalue weighted by Gasteiger charge is 2.20. The van der Waals surface area contributed by atoms with Crippen LogP contribution in [0.5, 0.6) is 5.75 Å². The Morgan fingerprint density at radius 2 is 1.85 bits per heavy atom. The third-order valence-corrected chi connectivity index (χ3v) is 5.71. The monoisotopic (exact) mass is 485 g/mol. The number of nitro benzene ring substituents is 1. The number of carbonyl (C=O) groups excluding carboxylic acids is 1. The van der Waals surface area contributed by atoms with Crippen LogP contribution >= 0.6 is 23.6 Å². The number of hydrogen-bond acceptors (Lipinski definition) is 7. The van der Waals surface area contributed by atoms with Gasteiger partial charge in [0.1, 0.15) is 16.4 Å². The maximum Gasteiger partial charge on any atom is 0.341 e. The second kappa shape index (κ2) is 11.4. The van der Waals surface area contributed by atoms with E-state index < -0.39 is 10.9 Å². The normalized spacial score (nSPS) is 10.4. The van der Waals surface area contributed by atoms with E-state index in [0.29, 0.717) is 29.3 Å². The largest absolute Gasteiger partial charge is 0.494 e. The van der Waals surface area contributed by atoms with Crippen molar-refractivity contribution < 1.29 is 19.2 Å². The van der Waals surface area contributed by atoms with Gasteiger partial charge in [-0.2, -0.15) is 0 Å². The Balaban J connectivity index is 1.82. The van der Waals surface area contributed by atoms with Crippen LogP contribution in [0, 0.1) is 10.1 Å². The molecular formula is C23H23N3O5S2. The van der Waals surface area contributed by atoms with Crippen LogP contribution in [0.25, 0.3) is 0 Å². The van der Waals surface area contributed by atoms with Gasteiger partial charge < -0.3 is 20.1 Å². The van der Waals surface area contributed by atoms with E-state index in [1.54, 1.807) is 26.0 Å². The first-order valence-corrected chi connectivity index (χ1v) is 11.5. The fourth-order valence-electron chi connectivity index (χ4n) is 3.06. The molecule has 1 aromatic heterocycles. The second-order valence-corrected chi connectivity index (χ2v) is 8.33. The Kier molecular flexibility index (Phi) is 8.34. The summed E-state index contributed by atoms with van der Waals surface area (Å²) in [6, 6.07) is 16.1. The molecule has 0 atom stereocenters. The number of hydrogen-bond donors (Lipinski definition) is 2. The van der Waals surface area contributed by atoms with Crippen LogP contribution in [0.1, 0.15) is 34.6 Å². The molecule has 3 rings (SSSR count). The lowest BCUT2D eigenvalue weighted by Gasteiger charge is -2.12. The smallest absolute Gasteiger partial charge is 0.341 e. The number of carbonyl (C=O) groups is 1. The summed E-state index contributed by atoms with van der Waals surface area (Å²) in [5.74, 6) is -0.0764. The maximum absolute atomic E-state index is 12.5. The van der Waals surface area contributed by atoms with Crippen LogP contribution in [0.3, 0.4) is 0 Å². The van der Waals surface area contributed by atoms with Gasteiger partial charge in [-0.1, -0.05) is 30.3 Å². The number of anilines is 2. The van der Waals surface area contributed by atoms with Gasteiger partial charge in [0.15, 0.2) is 5.11 Å². The Labute approximate surface area is 200 Å². The average molecular weight is 486 g/mol. The summed E-state index contributed by atoms with van der Waals surface area (Å²) in [5, 5.41) is 18.0. The van der Waals surface area contributed by atoms with E-state index in [0.717, 1.165) is 10.4 Å². The van der Waals surface area contributed by atoms with E-state index in [-0.39, 0.29) is 23.1 Å². The number of benzene rings is 2. The summed E-state index contributed by atoms with van der Waals surface area (Å²) < 4.78 is 10.5. The van der Waals surface area contributed by atoms with Crippen molar-refractivity contribution in [3.63, 3.8) is 0 Å². The minimum Gasteiger partial charge on any atom is -0.494 e. The highest BCUT2D eigenvalue weighted by Crippen LogP contribution is 2.32. The molecule has 0 radical (unpaired) electrons. The number of rotatable bonds is 9. The van der Waals surface area contributed by atoms with Crippen LogP contribution in [-0.2, 0) is 11.2 Å². The number of nitrogens with one attached hydrogen (secondary N) is 2. The number of nitrogens with zero attached hydrogens (tertiary/aromatic N) is 1. The molecular weight excluding hydrogens is 462 g/mol.